The maximum absolute atomic E-state index is 10.0. The monoisotopic (exact) mass is 449 g/mol. The van der Waals surface area contributed by atoms with Gasteiger partial charge in [-0.05, 0) is 78.9 Å². The van der Waals surface area contributed by atoms with Crippen LogP contribution in [0.1, 0.15) is 35.7 Å². The van der Waals surface area contributed by atoms with Crippen molar-refractivity contribution in [2.45, 2.75) is 25.3 Å². The number of methoxy groups -OCH3 is 1. The second-order valence-corrected chi connectivity index (χ2v) is 9.42. The zero-order valence-corrected chi connectivity index (χ0v) is 19.4. The molecule has 168 valence electrons. The van der Waals surface area contributed by atoms with Gasteiger partial charge in [-0.2, -0.15) is 0 Å². The lowest BCUT2D eigenvalue weighted by atomic mass is 9.81. The molecule has 3 heterocycles. The van der Waals surface area contributed by atoms with Crippen LogP contribution in [0.5, 0.6) is 5.75 Å². The number of benzene rings is 1. The molecule has 6 heteroatoms. The van der Waals surface area contributed by atoms with Crippen LogP contribution in [-0.2, 0) is 0 Å². The van der Waals surface area contributed by atoms with Gasteiger partial charge in [0.25, 0.3) is 0 Å². The fourth-order valence-electron chi connectivity index (χ4n) is 4.62. The summed E-state index contributed by atoms with van der Waals surface area (Å²) in [5, 5.41) is 13.1. The van der Waals surface area contributed by atoms with Crippen LogP contribution in [0.4, 0.5) is 0 Å². The largest absolute Gasteiger partial charge is 0.497 e. The Morgan fingerprint density at radius 1 is 1.31 bits per heavy atom. The fraction of sp³-hybridized carbons (Fsp3) is 0.423. The molecule has 5 nitrogen and oxygen atoms in total. The van der Waals surface area contributed by atoms with E-state index in [0.717, 1.165) is 66.0 Å². The van der Waals surface area contributed by atoms with Crippen LogP contribution in [0.3, 0.4) is 0 Å². The maximum Gasteiger partial charge on any atom is 0.119 e. The third-order valence-electron chi connectivity index (χ3n) is 6.48. The van der Waals surface area contributed by atoms with Gasteiger partial charge in [0.05, 0.1) is 24.0 Å². The Kier molecular flexibility index (Phi) is 7.77. The summed E-state index contributed by atoms with van der Waals surface area (Å²) in [6.45, 7) is 2.88. The van der Waals surface area contributed by atoms with Gasteiger partial charge in [-0.15, -0.1) is 11.3 Å². The normalized spacial score (nSPS) is 20.0. The molecule has 1 aliphatic rings. The quantitative estimate of drug-likeness (QED) is 0.532. The molecule has 1 fully saturated rings. The van der Waals surface area contributed by atoms with E-state index in [1.807, 2.05) is 48.0 Å². The highest BCUT2D eigenvalue weighted by Gasteiger charge is 2.28. The van der Waals surface area contributed by atoms with Crippen LogP contribution >= 0.6 is 11.3 Å². The summed E-state index contributed by atoms with van der Waals surface area (Å²) in [6.07, 6.45) is 4.80. The summed E-state index contributed by atoms with van der Waals surface area (Å²) in [6, 6.07) is 11.9. The number of hydrogen-bond acceptors (Lipinski definition) is 6. The van der Waals surface area contributed by atoms with Crippen molar-refractivity contribution in [1.29, 1.82) is 0 Å². The summed E-state index contributed by atoms with van der Waals surface area (Å²) in [5.74, 6) is 8.08. The van der Waals surface area contributed by atoms with Crippen molar-refractivity contribution in [2.24, 2.45) is 17.6 Å². The first-order valence-corrected chi connectivity index (χ1v) is 12.1. The van der Waals surface area contributed by atoms with Gasteiger partial charge in [-0.25, -0.2) is 0 Å². The van der Waals surface area contributed by atoms with E-state index in [4.69, 9.17) is 10.5 Å². The van der Waals surface area contributed by atoms with Gasteiger partial charge in [-0.1, -0.05) is 17.9 Å². The number of aromatic nitrogens is 1. The highest BCUT2D eigenvalue weighted by Crippen LogP contribution is 2.32. The van der Waals surface area contributed by atoms with Crippen LogP contribution < -0.4 is 10.5 Å². The van der Waals surface area contributed by atoms with E-state index in [0.29, 0.717) is 5.92 Å². The van der Waals surface area contributed by atoms with Gasteiger partial charge >= 0.3 is 0 Å². The molecular formula is C26H31N3O2S. The molecular weight excluding hydrogens is 418 g/mol. The standard InChI is InChI=1S/C26H31N3O2S/c1-31-21-7-9-26-24(16-21)23(10-12-28-26)25(27)8-6-19-11-14-29(17-20(19)18-30)13-2-4-22-5-3-15-32-22/h3,5,7,9-10,12,15-16,19-20,25,30H,6,8,11,13-14,17-18,27H2,1H3/t19-,20-,25?/m1/s1. The van der Waals surface area contributed by atoms with Gasteiger partial charge in [0, 0.05) is 30.8 Å². The number of fused-ring (bicyclic) bond motifs is 1. The maximum atomic E-state index is 10.0. The number of aliphatic hydroxyl groups excluding tert-OH is 1. The number of nitrogens with two attached hydrogens (primary N) is 1. The molecule has 2 aromatic heterocycles. The molecule has 4 rings (SSSR count). The summed E-state index contributed by atoms with van der Waals surface area (Å²) < 4.78 is 5.39. The number of likely N-dealkylation sites (tertiary alicyclic amines) is 1. The lowest BCUT2D eigenvalue weighted by molar-refractivity contribution is 0.0738. The zero-order valence-electron chi connectivity index (χ0n) is 18.5. The smallest absolute Gasteiger partial charge is 0.119 e. The van der Waals surface area contributed by atoms with E-state index in [9.17, 15) is 5.11 Å². The summed E-state index contributed by atoms with van der Waals surface area (Å²) in [5.41, 5.74) is 8.68. The van der Waals surface area contributed by atoms with E-state index in [1.165, 1.54) is 0 Å². The molecule has 0 radical (unpaired) electrons. The Labute approximate surface area is 194 Å². The Hall–Kier alpha value is -2.43. The number of rotatable bonds is 7. The topological polar surface area (TPSA) is 71.6 Å². The van der Waals surface area contributed by atoms with Crippen LogP contribution in [-0.4, -0.2) is 48.3 Å². The van der Waals surface area contributed by atoms with Crippen LogP contribution in [0.2, 0.25) is 0 Å². The minimum atomic E-state index is -0.0679. The Morgan fingerprint density at radius 2 is 2.22 bits per heavy atom. The van der Waals surface area contributed by atoms with E-state index in [1.54, 1.807) is 18.4 Å². The van der Waals surface area contributed by atoms with Gasteiger partial charge in [0.15, 0.2) is 0 Å². The van der Waals surface area contributed by atoms with Crippen LogP contribution in [0.15, 0.2) is 48.0 Å². The molecule has 0 saturated carbocycles. The number of aliphatic hydroxyl groups is 1. The summed E-state index contributed by atoms with van der Waals surface area (Å²) in [7, 11) is 1.67. The molecule has 1 unspecified atom stereocenters. The predicted octanol–water partition coefficient (Wildman–Crippen LogP) is 4.07. The van der Waals surface area contributed by atoms with Crippen molar-refractivity contribution in [1.82, 2.24) is 9.88 Å². The summed E-state index contributed by atoms with van der Waals surface area (Å²) >= 11 is 1.67. The van der Waals surface area contributed by atoms with Crippen molar-refractivity contribution >= 4 is 22.2 Å². The first-order chi connectivity index (χ1) is 15.7. The van der Waals surface area contributed by atoms with Crippen molar-refractivity contribution in [3.05, 3.63) is 58.4 Å². The molecule has 32 heavy (non-hydrogen) atoms. The molecule has 0 bridgehead atoms. The lowest BCUT2D eigenvalue weighted by Gasteiger charge is -2.37. The molecule has 0 spiro atoms. The van der Waals surface area contributed by atoms with Gasteiger partial charge in [0.2, 0.25) is 0 Å². The molecule has 3 N–H and O–H groups in total. The molecule has 3 atom stereocenters. The summed E-state index contributed by atoms with van der Waals surface area (Å²) in [4.78, 5) is 7.93. The third kappa shape index (κ3) is 5.48. The number of hydrogen-bond donors (Lipinski definition) is 2. The number of piperidine rings is 1. The van der Waals surface area contributed by atoms with Crippen molar-refractivity contribution in [3.8, 4) is 17.6 Å². The Bertz CT molecular complexity index is 1070. The first kappa shape index (κ1) is 22.8. The van der Waals surface area contributed by atoms with E-state index in [-0.39, 0.29) is 18.6 Å². The molecule has 0 amide bonds. The van der Waals surface area contributed by atoms with E-state index >= 15 is 0 Å². The van der Waals surface area contributed by atoms with Crippen molar-refractivity contribution in [3.63, 3.8) is 0 Å². The fourth-order valence-corrected chi connectivity index (χ4v) is 5.21. The Morgan fingerprint density at radius 3 is 3.00 bits per heavy atom. The number of pyridine rings is 1. The van der Waals surface area contributed by atoms with E-state index in [2.05, 4.69) is 21.7 Å². The van der Waals surface area contributed by atoms with Crippen LogP contribution in [0.25, 0.3) is 10.9 Å². The molecule has 1 aromatic carbocycles. The lowest BCUT2D eigenvalue weighted by Crippen LogP contribution is -2.42. The first-order valence-electron chi connectivity index (χ1n) is 11.2. The van der Waals surface area contributed by atoms with Crippen molar-refractivity contribution < 1.29 is 9.84 Å². The molecule has 1 saturated heterocycles. The highest BCUT2D eigenvalue weighted by atomic mass is 32.1. The minimum absolute atomic E-state index is 0.0679. The van der Waals surface area contributed by atoms with Gasteiger partial charge in [-0.3, -0.25) is 9.88 Å². The second kappa shape index (κ2) is 10.9. The molecule has 1 aliphatic heterocycles. The average Bonchev–Trinajstić information content (AvgIpc) is 3.35. The van der Waals surface area contributed by atoms with Gasteiger partial charge in [0.1, 0.15) is 5.75 Å². The predicted molar refractivity (Wildman–Crippen MR) is 131 cm³/mol. The SMILES string of the molecule is COc1ccc2nccc(C(N)CC[C@@H]3CCN(CC#Cc4cccs4)C[C@@H]3CO)c2c1. The van der Waals surface area contributed by atoms with Crippen molar-refractivity contribution in [2.75, 3.05) is 33.4 Å². The zero-order chi connectivity index (χ0) is 22.3. The number of thiophene rings is 1. The number of ether oxygens (including phenoxy) is 1. The average molecular weight is 450 g/mol. The van der Waals surface area contributed by atoms with Gasteiger partial charge < -0.3 is 15.6 Å². The molecule has 3 aromatic rings. The van der Waals surface area contributed by atoms with Crippen LogP contribution in [0, 0.1) is 23.7 Å². The number of nitrogens with zero attached hydrogens (tertiary/aromatic N) is 2. The Balaban J connectivity index is 1.35. The third-order valence-corrected chi connectivity index (χ3v) is 7.26. The highest BCUT2D eigenvalue weighted by molar-refractivity contribution is 7.10. The minimum Gasteiger partial charge on any atom is -0.497 e. The van der Waals surface area contributed by atoms with E-state index < -0.39 is 0 Å². The molecule has 0 aliphatic carbocycles. The second-order valence-electron chi connectivity index (χ2n) is 8.47.